The predicted octanol–water partition coefficient (Wildman–Crippen LogP) is 2.54. The molecule has 0 bridgehead atoms. The number of hydrogen-bond acceptors (Lipinski definition) is 1. The van der Waals surface area contributed by atoms with E-state index in [0.717, 1.165) is 6.42 Å². The van der Waals surface area contributed by atoms with E-state index in [2.05, 4.69) is 13.3 Å². The maximum atomic E-state index is 8.44. The highest BCUT2D eigenvalue weighted by Gasteiger charge is 1.95. The maximum absolute atomic E-state index is 8.44. The molecule has 0 aliphatic heterocycles. The zero-order valence-electron chi connectivity index (χ0n) is 6.97. The van der Waals surface area contributed by atoms with E-state index < -0.39 is 0 Å². The summed E-state index contributed by atoms with van der Waals surface area (Å²) in [5, 5.41) is 8.44. The summed E-state index contributed by atoms with van der Waals surface area (Å²) in [4.78, 5) is 0. The van der Waals surface area contributed by atoms with Crippen molar-refractivity contribution in [2.45, 2.75) is 45.4 Å². The fourth-order valence-corrected chi connectivity index (χ4v) is 0.951. The van der Waals surface area contributed by atoms with Gasteiger partial charge in [0, 0.05) is 0 Å². The molecule has 0 aliphatic rings. The van der Waals surface area contributed by atoms with E-state index in [1.807, 2.05) is 0 Å². The second-order valence-corrected chi connectivity index (χ2v) is 2.65. The first-order valence-corrected chi connectivity index (χ1v) is 4.34. The van der Waals surface area contributed by atoms with Crippen molar-refractivity contribution < 1.29 is 5.11 Å². The molecule has 1 heteroatoms. The van der Waals surface area contributed by atoms with E-state index in [1.165, 1.54) is 32.1 Å². The van der Waals surface area contributed by atoms with E-state index in [9.17, 15) is 0 Å². The van der Waals surface area contributed by atoms with Crippen molar-refractivity contribution in [3.8, 4) is 0 Å². The molecule has 1 N–H and O–H groups in total. The predicted molar refractivity (Wildman–Crippen MR) is 44.8 cm³/mol. The van der Waals surface area contributed by atoms with Gasteiger partial charge in [-0.25, -0.2) is 0 Å². The zero-order chi connectivity index (χ0) is 7.66. The highest BCUT2D eigenvalue weighted by molar-refractivity contribution is 4.62. The number of unbranched alkanes of at least 4 members (excludes halogenated alkanes) is 6. The third-order valence-corrected chi connectivity index (χ3v) is 1.60. The fraction of sp³-hybridized carbons (Fsp3) is 0.889. The molecule has 0 aromatic rings. The summed E-state index contributed by atoms with van der Waals surface area (Å²) in [5.74, 6) is 0. The molecule has 0 aliphatic carbocycles. The van der Waals surface area contributed by atoms with E-state index >= 15 is 0 Å². The molecule has 0 saturated carbocycles. The average Bonchev–Trinajstić information content (AvgIpc) is 1.97. The third kappa shape index (κ3) is 7.83. The molecule has 0 unspecified atom stereocenters. The third-order valence-electron chi connectivity index (χ3n) is 1.60. The zero-order valence-corrected chi connectivity index (χ0v) is 6.97. The summed E-state index contributed by atoms with van der Waals surface area (Å²) in [6.07, 6.45) is 9.53. The molecule has 0 rings (SSSR count). The van der Waals surface area contributed by atoms with Gasteiger partial charge in [0.15, 0.2) is 0 Å². The average molecular weight is 143 g/mol. The minimum absolute atomic E-state index is 0.313. The lowest BCUT2D eigenvalue weighted by Crippen LogP contribution is -1.84. The van der Waals surface area contributed by atoms with Crippen LogP contribution in [0.5, 0.6) is 0 Å². The largest absolute Gasteiger partial charge is 0.392 e. The monoisotopic (exact) mass is 143 g/mol. The molecule has 0 saturated heterocycles. The van der Waals surface area contributed by atoms with Gasteiger partial charge in [-0.15, -0.1) is 0 Å². The molecule has 1 nitrogen and oxygen atoms in total. The molecule has 0 amide bonds. The number of aliphatic hydroxyl groups is 1. The van der Waals surface area contributed by atoms with Gasteiger partial charge in [-0.3, -0.25) is 0 Å². The van der Waals surface area contributed by atoms with Crippen LogP contribution >= 0.6 is 0 Å². The molecule has 60 valence electrons. The molecule has 0 atom stereocenters. The van der Waals surface area contributed by atoms with Gasteiger partial charge in [0.05, 0.1) is 19.4 Å². The smallest absolute Gasteiger partial charge is 0.111 e. The Morgan fingerprint density at radius 1 is 1.10 bits per heavy atom. The van der Waals surface area contributed by atoms with Crippen molar-refractivity contribution >= 4 is 0 Å². The first-order valence-electron chi connectivity index (χ1n) is 4.34. The second-order valence-electron chi connectivity index (χ2n) is 2.65. The molecular formula is C9H19O+. The lowest BCUT2D eigenvalue weighted by molar-refractivity contribution is 0.296. The number of aliphatic hydroxyl groups excluding tert-OH is 1. The summed E-state index contributed by atoms with van der Waals surface area (Å²) in [5.41, 5.74) is 0. The summed E-state index contributed by atoms with van der Waals surface area (Å²) in [6.45, 7) is 2.53. The SMILES string of the molecule is CCCCCC[CH+]CCO. The van der Waals surface area contributed by atoms with E-state index in [0.29, 0.717) is 6.61 Å². The fourth-order valence-electron chi connectivity index (χ4n) is 0.951. The summed E-state index contributed by atoms with van der Waals surface area (Å²) >= 11 is 0. The second kappa shape index (κ2) is 8.83. The number of hydrogen-bond donors (Lipinski definition) is 1. The highest BCUT2D eigenvalue weighted by Crippen LogP contribution is 2.05. The molecule has 0 aromatic carbocycles. The standard InChI is InChI=1S/C9H19O/c1-2-3-4-5-6-7-8-9-10/h7,10H,2-6,8-9H2,1H3/q+1. The van der Waals surface area contributed by atoms with Crippen molar-refractivity contribution in [2.75, 3.05) is 6.61 Å². The topological polar surface area (TPSA) is 20.2 Å². The molecule has 0 fully saturated rings. The van der Waals surface area contributed by atoms with Crippen molar-refractivity contribution in [3.63, 3.8) is 0 Å². The van der Waals surface area contributed by atoms with Crippen molar-refractivity contribution in [2.24, 2.45) is 0 Å². The van der Waals surface area contributed by atoms with Crippen LogP contribution in [0.1, 0.15) is 45.4 Å². The quantitative estimate of drug-likeness (QED) is 0.429. The van der Waals surface area contributed by atoms with Gasteiger partial charge in [0.25, 0.3) is 0 Å². The normalized spacial score (nSPS) is 9.80. The van der Waals surface area contributed by atoms with Crippen LogP contribution in [0.4, 0.5) is 0 Å². The van der Waals surface area contributed by atoms with Crippen molar-refractivity contribution in [1.29, 1.82) is 0 Å². The summed E-state index contributed by atoms with van der Waals surface area (Å²) < 4.78 is 0. The van der Waals surface area contributed by atoms with E-state index in [-0.39, 0.29) is 0 Å². The highest BCUT2D eigenvalue weighted by atomic mass is 16.2. The van der Waals surface area contributed by atoms with Crippen LogP contribution in [0.15, 0.2) is 0 Å². The lowest BCUT2D eigenvalue weighted by atomic mass is 10.1. The Morgan fingerprint density at radius 2 is 1.90 bits per heavy atom. The van der Waals surface area contributed by atoms with Crippen LogP contribution in [0, 0.1) is 6.42 Å². The van der Waals surface area contributed by atoms with Gasteiger partial charge in [-0.2, -0.15) is 0 Å². The first-order chi connectivity index (χ1) is 4.91. The summed E-state index contributed by atoms with van der Waals surface area (Å²) in [7, 11) is 0. The Hall–Kier alpha value is -0.170. The van der Waals surface area contributed by atoms with Crippen LogP contribution in [0.3, 0.4) is 0 Å². The first kappa shape index (κ1) is 9.83. The Balaban J connectivity index is 2.65. The molecular weight excluding hydrogens is 124 g/mol. The van der Waals surface area contributed by atoms with Crippen LogP contribution < -0.4 is 0 Å². The molecule has 10 heavy (non-hydrogen) atoms. The minimum Gasteiger partial charge on any atom is -0.392 e. The lowest BCUT2D eigenvalue weighted by Gasteiger charge is -1.91. The van der Waals surface area contributed by atoms with Gasteiger partial charge in [-0.1, -0.05) is 19.8 Å². The maximum Gasteiger partial charge on any atom is 0.111 e. The van der Waals surface area contributed by atoms with Gasteiger partial charge >= 0.3 is 0 Å². The van der Waals surface area contributed by atoms with Crippen LogP contribution in [-0.2, 0) is 0 Å². The Morgan fingerprint density at radius 3 is 2.50 bits per heavy atom. The van der Waals surface area contributed by atoms with E-state index in [1.54, 1.807) is 0 Å². The van der Waals surface area contributed by atoms with Crippen molar-refractivity contribution in [3.05, 3.63) is 6.42 Å². The molecule has 0 radical (unpaired) electrons. The Kier molecular flexibility index (Phi) is 8.68. The molecule has 0 aromatic heterocycles. The Labute approximate surface area is 64.5 Å². The van der Waals surface area contributed by atoms with Crippen LogP contribution in [0.25, 0.3) is 0 Å². The van der Waals surface area contributed by atoms with Crippen LogP contribution in [0.2, 0.25) is 0 Å². The molecule has 0 heterocycles. The summed E-state index contributed by atoms with van der Waals surface area (Å²) in [6, 6.07) is 0. The van der Waals surface area contributed by atoms with Crippen molar-refractivity contribution in [1.82, 2.24) is 0 Å². The van der Waals surface area contributed by atoms with Gasteiger partial charge in [-0.05, 0) is 12.8 Å². The van der Waals surface area contributed by atoms with Gasteiger partial charge < -0.3 is 5.11 Å². The molecule has 0 spiro atoms. The van der Waals surface area contributed by atoms with Crippen LogP contribution in [-0.4, -0.2) is 11.7 Å². The van der Waals surface area contributed by atoms with Gasteiger partial charge in [0.1, 0.15) is 6.42 Å². The van der Waals surface area contributed by atoms with Gasteiger partial charge in [0.2, 0.25) is 0 Å². The minimum atomic E-state index is 0.313. The van der Waals surface area contributed by atoms with E-state index in [4.69, 9.17) is 5.11 Å². The Bertz CT molecular complexity index is 44.7. The number of rotatable bonds is 7.